The summed E-state index contributed by atoms with van der Waals surface area (Å²) < 4.78 is 9.58. The molecule has 130 valence electrons. The predicted octanol–water partition coefficient (Wildman–Crippen LogP) is 1.54. The molecule has 0 saturated heterocycles. The number of esters is 2. The summed E-state index contributed by atoms with van der Waals surface area (Å²) in [4.78, 5) is 37.5. The molecule has 0 radical (unpaired) electrons. The van der Waals surface area contributed by atoms with E-state index in [0.717, 1.165) is 0 Å². The molecule has 1 amide bonds. The number of hydrogen-bond acceptors (Lipinski definition) is 6. The molecular weight excluding hydrogens is 324 g/mol. The van der Waals surface area contributed by atoms with Crippen LogP contribution in [0.25, 0.3) is 0 Å². The number of anilines is 1. The average Bonchev–Trinajstić information content (AvgIpc) is 2.89. The normalized spacial score (nSPS) is 13.3. The Labute approximate surface area is 145 Å². The van der Waals surface area contributed by atoms with Crippen molar-refractivity contribution in [3.8, 4) is 0 Å². The van der Waals surface area contributed by atoms with E-state index in [1.165, 1.54) is 25.2 Å². The lowest BCUT2D eigenvalue weighted by molar-refractivity contribution is -0.139. The van der Waals surface area contributed by atoms with E-state index < -0.39 is 11.9 Å². The lowest BCUT2D eigenvalue weighted by Crippen LogP contribution is -2.27. The average molecular weight is 342 g/mol. The van der Waals surface area contributed by atoms with Gasteiger partial charge >= 0.3 is 11.9 Å². The van der Waals surface area contributed by atoms with E-state index in [2.05, 4.69) is 5.32 Å². The molecule has 0 atom stereocenters. The topological polar surface area (TPSA) is 84.9 Å². The number of allylic oxidation sites excluding steroid dienone is 2. The fourth-order valence-corrected chi connectivity index (χ4v) is 2.28. The maximum Gasteiger partial charge on any atom is 0.355 e. The first kappa shape index (κ1) is 18.0. The highest BCUT2D eigenvalue weighted by molar-refractivity contribution is 6.05. The van der Waals surface area contributed by atoms with Gasteiger partial charge in [-0.3, -0.25) is 4.79 Å². The number of ether oxygens (including phenoxy) is 2. The Hall–Kier alpha value is -3.35. The van der Waals surface area contributed by atoms with Crippen molar-refractivity contribution in [2.45, 2.75) is 0 Å². The largest absolute Gasteiger partial charge is 0.465 e. The minimum Gasteiger partial charge on any atom is -0.465 e. The summed E-state index contributed by atoms with van der Waals surface area (Å²) in [7, 11) is 4.01. The highest BCUT2D eigenvalue weighted by Crippen LogP contribution is 2.26. The number of amides is 1. The van der Waals surface area contributed by atoms with Crippen LogP contribution in [0.2, 0.25) is 0 Å². The molecule has 1 aliphatic rings. The number of rotatable bonds is 4. The third-order valence-electron chi connectivity index (χ3n) is 3.52. The predicted molar refractivity (Wildman–Crippen MR) is 91.6 cm³/mol. The molecular formula is C18H18N2O5. The maximum absolute atomic E-state index is 12.3. The van der Waals surface area contributed by atoms with Gasteiger partial charge in [0.25, 0.3) is 5.91 Å². The molecule has 1 aromatic carbocycles. The van der Waals surface area contributed by atoms with Crippen molar-refractivity contribution in [2.75, 3.05) is 26.2 Å². The number of carbonyl (C=O) groups is 3. The third kappa shape index (κ3) is 3.77. The fourth-order valence-electron chi connectivity index (χ4n) is 2.28. The van der Waals surface area contributed by atoms with Crippen LogP contribution < -0.4 is 10.2 Å². The van der Waals surface area contributed by atoms with Crippen molar-refractivity contribution in [2.24, 2.45) is 0 Å². The summed E-state index contributed by atoms with van der Waals surface area (Å²) in [6.45, 7) is 0. The SMILES string of the molecule is CNC(=O)c1ccc(N2C=CC=CC(C(=O)OC)=C2C(=O)OC)cc1. The van der Waals surface area contributed by atoms with Crippen LogP contribution >= 0.6 is 0 Å². The van der Waals surface area contributed by atoms with Gasteiger partial charge in [0.1, 0.15) is 5.70 Å². The van der Waals surface area contributed by atoms with Gasteiger partial charge in [-0.1, -0.05) is 6.08 Å². The number of nitrogens with zero attached hydrogens (tertiary/aromatic N) is 1. The highest BCUT2D eigenvalue weighted by atomic mass is 16.5. The van der Waals surface area contributed by atoms with Gasteiger partial charge in [0.15, 0.2) is 0 Å². The fraction of sp³-hybridized carbons (Fsp3) is 0.167. The minimum atomic E-state index is -0.688. The first-order valence-electron chi connectivity index (χ1n) is 7.40. The van der Waals surface area contributed by atoms with Crippen molar-refractivity contribution in [1.82, 2.24) is 5.32 Å². The van der Waals surface area contributed by atoms with E-state index in [4.69, 9.17) is 9.47 Å². The zero-order chi connectivity index (χ0) is 18.4. The Bertz CT molecular complexity index is 775. The lowest BCUT2D eigenvalue weighted by Gasteiger charge is -2.23. The molecule has 25 heavy (non-hydrogen) atoms. The van der Waals surface area contributed by atoms with E-state index in [0.29, 0.717) is 11.3 Å². The summed E-state index contributed by atoms with van der Waals surface area (Å²) in [5, 5.41) is 2.53. The molecule has 0 unspecified atom stereocenters. The minimum absolute atomic E-state index is 0.0204. The highest BCUT2D eigenvalue weighted by Gasteiger charge is 2.27. The molecule has 1 N–H and O–H groups in total. The van der Waals surface area contributed by atoms with Gasteiger partial charge in [-0.25, -0.2) is 9.59 Å². The van der Waals surface area contributed by atoms with Crippen LogP contribution in [0.1, 0.15) is 10.4 Å². The zero-order valence-electron chi connectivity index (χ0n) is 14.1. The van der Waals surface area contributed by atoms with Crippen molar-refractivity contribution in [3.63, 3.8) is 0 Å². The first-order chi connectivity index (χ1) is 12.0. The Balaban J connectivity index is 2.54. The van der Waals surface area contributed by atoms with Crippen LogP contribution in [-0.2, 0) is 19.1 Å². The van der Waals surface area contributed by atoms with Crippen LogP contribution in [-0.4, -0.2) is 39.1 Å². The zero-order valence-corrected chi connectivity index (χ0v) is 14.1. The van der Waals surface area contributed by atoms with Crippen LogP contribution in [0.4, 0.5) is 5.69 Å². The van der Waals surface area contributed by atoms with Crippen molar-refractivity contribution in [3.05, 3.63) is 65.5 Å². The Morgan fingerprint density at radius 2 is 1.60 bits per heavy atom. The summed E-state index contributed by atoms with van der Waals surface area (Å²) in [5.41, 5.74) is 1.14. The van der Waals surface area contributed by atoms with Crippen molar-refractivity contribution < 1.29 is 23.9 Å². The Morgan fingerprint density at radius 1 is 0.960 bits per heavy atom. The number of hydrogen-bond donors (Lipinski definition) is 1. The van der Waals surface area contributed by atoms with E-state index in [9.17, 15) is 14.4 Å². The number of benzene rings is 1. The van der Waals surface area contributed by atoms with Gasteiger partial charge in [-0.15, -0.1) is 0 Å². The van der Waals surface area contributed by atoms with Crippen LogP contribution in [0, 0.1) is 0 Å². The summed E-state index contributed by atoms with van der Waals surface area (Å²) in [6, 6.07) is 6.57. The van der Waals surface area contributed by atoms with Crippen molar-refractivity contribution in [1.29, 1.82) is 0 Å². The Morgan fingerprint density at radius 3 is 2.16 bits per heavy atom. The van der Waals surface area contributed by atoms with E-state index in [-0.39, 0.29) is 17.2 Å². The molecule has 0 bridgehead atoms. The van der Waals surface area contributed by atoms with E-state index in [1.807, 2.05) is 0 Å². The molecule has 0 aromatic heterocycles. The van der Waals surface area contributed by atoms with Gasteiger partial charge in [-0.05, 0) is 36.4 Å². The molecule has 0 aliphatic carbocycles. The standard InChI is InChI=1S/C18H18N2O5/c1-19-16(21)12-7-9-13(10-8-12)20-11-5-4-6-14(17(22)24-2)15(20)18(23)25-3/h4-11H,1-3H3,(H,19,21). The molecule has 0 spiro atoms. The monoisotopic (exact) mass is 342 g/mol. The smallest absolute Gasteiger partial charge is 0.355 e. The number of methoxy groups -OCH3 is 2. The maximum atomic E-state index is 12.3. The van der Waals surface area contributed by atoms with Gasteiger partial charge in [0, 0.05) is 24.5 Å². The summed E-state index contributed by atoms with van der Waals surface area (Å²) in [6.07, 6.45) is 6.39. The second-order valence-electron chi connectivity index (χ2n) is 4.94. The molecule has 0 saturated carbocycles. The van der Waals surface area contributed by atoms with E-state index in [1.54, 1.807) is 49.7 Å². The van der Waals surface area contributed by atoms with Gasteiger partial charge in [-0.2, -0.15) is 0 Å². The summed E-state index contributed by atoms with van der Waals surface area (Å²) in [5.74, 6) is -1.57. The molecule has 0 fully saturated rings. The Kier molecular flexibility index (Phi) is 5.73. The van der Waals surface area contributed by atoms with Crippen LogP contribution in [0.5, 0.6) is 0 Å². The van der Waals surface area contributed by atoms with Crippen LogP contribution in [0.15, 0.2) is 60.0 Å². The molecule has 1 aromatic rings. The molecule has 1 heterocycles. The molecule has 1 aliphatic heterocycles. The number of nitrogens with one attached hydrogen (secondary N) is 1. The first-order valence-corrected chi connectivity index (χ1v) is 7.40. The second-order valence-corrected chi connectivity index (χ2v) is 4.94. The second kappa shape index (κ2) is 7.96. The molecule has 7 nitrogen and oxygen atoms in total. The van der Waals surface area contributed by atoms with Crippen molar-refractivity contribution >= 4 is 23.5 Å². The molecule has 7 heteroatoms. The summed E-state index contributed by atoms with van der Waals surface area (Å²) >= 11 is 0. The lowest BCUT2D eigenvalue weighted by atomic mass is 10.1. The van der Waals surface area contributed by atoms with Gasteiger partial charge in [0.05, 0.1) is 19.8 Å². The molecule has 2 rings (SSSR count). The third-order valence-corrected chi connectivity index (χ3v) is 3.52. The quantitative estimate of drug-likeness (QED) is 0.836. The number of carbonyl (C=O) groups excluding carboxylic acids is 3. The van der Waals surface area contributed by atoms with Crippen LogP contribution in [0.3, 0.4) is 0 Å². The van der Waals surface area contributed by atoms with Gasteiger partial charge in [0.2, 0.25) is 0 Å². The van der Waals surface area contributed by atoms with E-state index >= 15 is 0 Å². The van der Waals surface area contributed by atoms with Gasteiger partial charge < -0.3 is 19.7 Å².